The molecular weight excluding hydrogens is 408 g/mol. The Bertz CT molecular complexity index is 512. The summed E-state index contributed by atoms with van der Waals surface area (Å²) < 4.78 is 20.0. The van der Waals surface area contributed by atoms with E-state index in [4.69, 9.17) is 13.6 Å². The predicted octanol–water partition coefficient (Wildman–Crippen LogP) is 7.01. The van der Waals surface area contributed by atoms with Gasteiger partial charge in [-0.2, -0.15) is 0 Å². The molecule has 0 saturated carbocycles. The lowest BCUT2D eigenvalue weighted by Crippen LogP contribution is -2.53. The van der Waals surface area contributed by atoms with Crippen LogP contribution in [0.4, 0.5) is 0 Å². The van der Waals surface area contributed by atoms with Crippen LogP contribution in [0.1, 0.15) is 83.1 Å². The summed E-state index contributed by atoms with van der Waals surface area (Å²) in [5.41, 5.74) is 3.08. The molecule has 0 spiro atoms. The number of aliphatic hydroxyl groups excluding tert-OH is 1. The maximum Gasteiger partial charge on any atom is 0.201 e. The van der Waals surface area contributed by atoms with Crippen molar-refractivity contribution < 1.29 is 18.7 Å². The second-order valence-electron chi connectivity index (χ2n) is 11.0. The monoisotopic (exact) mass is 458 g/mol. The van der Waals surface area contributed by atoms with E-state index in [1.807, 2.05) is 6.08 Å². The van der Waals surface area contributed by atoms with E-state index in [-0.39, 0.29) is 18.8 Å². The van der Waals surface area contributed by atoms with Crippen LogP contribution in [0.15, 0.2) is 11.8 Å². The van der Waals surface area contributed by atoms with Crippen LogP contribution < -0.4 is 0 Å². The highest BCUT2D eigenvalue weighted by atomic mass is 28.4. The van der Waals surface area contributed by atoms with Gasteiger partial charge in [0.05, 0.1) is 6.61 Å². The zero-order valence-corrected chi connectivity index (χ0v) is 23.8. The first-order valence-electron chi connectivity index (χ1n) is 12.1. The first-order valence-corrected chi connectivity index (χ1v) is 16.3. The Morgan fingerprint density at radius 3 is 1.50 bits per heavy atom. The van der Waals surface area contributed by atoms with E-state index in [1.54, 1.807) is 0 Å². The van der Waals surface area contributed by atoms with Crippen LogP contribution in [0, 0.1) is 0 Å². The highest BCUT2D eigenvalue weighted by molar-refractivity contribution is 6.78. The van der Waals surface area contributed by atoms with Crippen molar-refractivity contribution in [3.05, 3.63) is 11.8 Å². The van der Waals surface area contributed by atoms with Gasteiger partial charge in [0.25, 0.3) is 0 Å². The first-order chi connectivity index (χ1) is 13.8. The van der Waals surface area contributed by atoms with E-state index in [0.29, 0.717) is 45.6 Å². The Hall–Kier alpha value is -0.146. The SMILES string of the molecule is CC(C)[Si](OC[C@H]1OC(CO)=C[C@@H]1O[Si](C(C)C)(C(C)C)C(C)C)(C(C)C)C(C)C. The third kappa shape index (κ3) is 5.42. The summed E-state index contributed by atoms with van der Waals surface area (Å²) >= 11 is 0. The molecule has 0 aromatic rings. The van der Waals surface area contributed by atoms with Gasteiger partial charge in [0, 0.05) is 0 Å². The van der Waals surface area contributed by atoms with Gasteiger partial charge in [0.2, 0.25) is 16.6 Å². The van der Waals surface area contributed by atoms with Gasteiger partial charge in [0.15, 0.2) is 0 Å². The summed E-state index contributed by atoms with van der Waals surface area (Å²) in [5, 5.41) is 9.75. The Kier molecular flexibility index (Phi) is 10.3. The molecule has 0 fully saturated rings. The third-order valence-electron chi connectivity index (χ3n) is 7.43. The largest absolute Gasteiger partial charge is 0.487 e. The molecule has 1 heterocycles. The van der Waals surface area contributed by atoms with Crippen molar-refractivity contribution >= 4 is 16.6 Å². The van der Waals surface area contributed by atoms with Crippen molar-refractivity contribution in [1.82, 2.24) is 0 Å². The normalized spacial score (nSPS) is 21.0. The molecule has 1 N–H and O–H groups in total. The summed E-state index contributed by atoms with van der Waals surface area (Å²) in [7, 11) is -4.06. The fourth-order valence-electron chi connectivity index (χ4n) is 6.29. The van der Waals surface area contributed by atoms with Crippen LogP contribution in [0.3, 0.4) is 0 Å². The van der Waals surface area contributed by atoms with Crippen molar-refractivity contribution in [2.75, 3.05) is 13.2 Å². The lowest BCUT2D eigenvalue weighted by molar-refractivity contribution is 0.0101. The molecule has 2 atom stereocenters. The van der Waals surface area contributed by atoms with Gasteiger partial charge in [-0.1, -0.05) is 83.1 Å². The zero-order chi connectivity index (χ0) is 23.4. The average Bonchev–Trinajstić information content (AvgIpc) is 3.00. The summed E-state index contributed by atoms with van der Waals surface area (Å²) in [6.45, 7) is 28.1. The maximum atomic E-state index is 9.75. The minimum Gasteiger partial charge on any atom is -0.487 e. The van der Waals surface area contributed by atoms with Crippen molar-refractivity contribution in [3.63, 3.8) is 0 Å². The molecule has 0 aliphatic carbocycles. The van der Waals surface area contributed by atoms with Crippen molar-refractivity contribution in [1.29, 1.82) is 0 Å². The molecule has 0 unspecified atom stereocenters. The van der Waals surface area contributed by atoms with Crippen LogP contribution in [-0.4, -0.2) is 47.2 Å². The van der Waals surface area contributed by atoms with Crippen LogP contribution in [0.5, 0.6) is 0 Å². The van der Waals surface area contributed by atoms with E-state index in [9.17, 15) is 5.11 Å². The maximum absolute atomic E-state index is 9.75. The lowest BCUT2D eigenvalue weighted by Gasteiger charge is -2.45. The minimum atomic E-state index is -2.07. The summed E-state index contributed by atoms with van der Waals surface area (Å²) in [4.78, 5) is 0. The van der Waals surface area contributed by atoms with Crippen LogP contribution in [-0.2, 0) is 13.6 Å². The zero-order valence-electron chi connectivity index (χ0n) is 21.8. The molecule has 0 aromatic carbocycles. The molecule has 0 saturated heterocycles. The molecule has 1 aliphatic rings. The first kappa shape index (κ1) is 27.9. The molecule has 0 aromatic heterocycles. The van der Waals surface area contributed by atoms with Crippen LogP contribution >= 0.6 is 0 Å². The number of rotatable bonds is 12. The Morgan fingerprint density at radius 2 is 1.17 bits per heavy atom. The van der Waals surface area contributed by atoms with E-state index >= 15 is 0 Å². The summed E-state index contributed by atoms with van der Waals surface area (Å²) in [6, 6.07) is 0. The van der Waals surface area contributed by atoms with Gasteiger partial charge in [-0.3, -0.25) is 0 Å². The van der Waals surface area contributed by atoms with Gasteiger partial charge in [-0.15, -0.1) is 0 Å². The summed E-state index contributed by atoms with van der Waals surface area (Å²) in [5.74, 6) is 0.624. The standard InChI is InChI=1S/C24H50O4Si2/c1-16(2)29(17(3)4,18(5)6)26-15-24-23(13-22(14-25)27-24)28-30(19(7)8,20(9)10)21(11)12/h13,16-21,23-25H,14-15H2,1-12H3/t23-,24+/m0/s1. The third-order valence-corrected chi connectivity index (χ3v) is 19.6. The van der Waals surface area contributed by atoms with Crippen molar-refractivity contribution in [3.8, 4) is 0 Å². The van der Waals surface area contributed by atoms with Crippen LogP contribution in [0.25, 0.3) is 0 Å². The average molecular weight is 459 g/mol. The molecule has 4 nitrogen and oxygen atoms in total. The van der Waals surface area contributed by atoms with E-state index in [1.165, 1.54) is 0 Å². The highest BCUT2D eigenvalue weighted by Crippen LogP contribution is 2.45. The van der Waals surface area contributed by atoms with E-state index in [2.05, 4.69) is 83.1 Å². The minimum absolute atomic E-state index is 0.0862. The second kappa shape index (κ2) is 11.1. The number of hydrogen-bond donors (Lipinski definition) is 1. The fraction of sp³-hybridized carbons (Fsp3) is 0.917. The Balaban J connectivity index is 3.18. The van der Waals surface area contributed by atoms with Gasteiger partial charge < -0.3 is 18.7 Å². The van der Waals surface area contributed by atoms with E-state index < -0.39 is 16.6 Å². The lowest BCUT2D eigenvalue weighted by atomic mass is 10.2. The van der Waals surface area contributed by atoms with Crippen LogP contribution in [0.2, 0.25) is 33.2 Å². The topological polar surface area (TPSA) is 47.9 Å². The number of hydrogen-bond acceptors (Lipinski definition) is 4. The van der Waals surface area contributed by atoms with Gasteiger partial charge in [-0.25, -0.2) is 0 Å². The molecule has 30 heavy (non-hydrogen) atoms. The van der Waals surface area contributed by atoms with Gasteiger partial charge in [-0.05, 0) is 39.3 Å². The number of aliphatic hydroxyl groups is 1. The molecular formula is C24H50O4Si2. The smallest absolute Gasteiger partial charge is 0.201 e. The Labute approximate surface area is 189 Å². The van der Waals surface area contributed by atoms with Gasteiger partial charge in [0.1, 0.15) is 24.6 Å². The number of ether oxygens (including phenoxy) is 1. The molecule has 1 aliphatic heterocycles. The molecule has 1 rings (SSSR count). The molecule has 178 valence electrons. The van der Waals surface area contributed by atoms with E-state index in [0.717, 1.165) is 0 Å². The highest BCUT2D eigenvalue weighted by Gasteiger charge is 2.50. The van der Waals surface area contributed by atoms with Gasteiger partial charge >= 0.3 is 0 Å². The summed E-state index contributed by atoms with van der Waals surface area (Å²) in [6.07, 6.45) is 1.68. The molecule has 6 heteroatoms. The second-order valence-corrected chi connectivity index (χ2v) is 21.8. The Morgan fingerprint density at radius 1 is 0.767 bits per heavy atom. The van der Waals surface area contributed by atoms with Crippen molar-refractivity contribution in [2.45, 2.75) is 129 Å². The predicted molar refractivity (Wildman–Crippen MR) is 133 cm³/mol. The fourth-order valence-corrected chi connectivity index (χ4v) is 17.3. The molecule has 0 radical (unpaired) electrons. The van der Waals surface area contributed by atoms with Crippen molar-refractivity contribution in [2.24, 2.45) is 0 Å². The molecule has 0 bridgehead atoms. The quantitative estimate of drug-likeness (QED) is 0.319. The molecule has 0 amide bonds.